The fourth-order valence-corrected chi connectivity index (χ4v) is 22.7. The molecule has 624 valence electrons. The lowest BCUT2D eigenvalue weighted by atomic mass is 9.82. The van der Waals surface area contributed by atoms with Crippen molar-refractivity contribution in [2.45, 2.75) is 57.8 Å². The molecule has 0 aliphatic heterocycles. The van der Waals surface area contributed by atoms with Crippen LogP contribution in [0.1, 0.15) is 74.9 Å². The number of para-hydroxylation sites is 7. The number of furan rings is 1. The van der Waals surface area contributed by atoms with Gasteiger partial charge in [0.1, 0.15) is 16.9 Å². The fraction of sp³-hybridized carbons (Fsp3) is 0.0756. The van der Waals surface area contributed by atoms with Crippen molar-refractivity contribution in [3.05, 3.63) is 416 Å². The average Bonchev–Trinajstić information content (AvgIpc) is 1.55. The lowest BCUT2D eigenvalue weighted by molar-refractivity contribution is 0.660. The standard InChI is InChI=1S/C42H28N4O.C42H28N4S.C35H25N3/c2*1-42(2)33-20-9-6-15-26(33)31-23-32-27-16-7-10-21-35(27)46(36(32)24-34(31)42)41-44-39(25-13-4-3-5-14-25)43-40(45-41)30-19-12-18-29-28-17-8-11-22-37(28)47-38(29)30;1-35(2)27-16-8-6-14-23(27)25-20-26-24-15-7-11-19-31(24)38(32(26)21-28(25)35)34-33(22-12-4-3-5-13-22)36-29-17-9-10-18-30(29)37-34/h2*3-24H,1-2H3;3-21H,1-2H3. The molecular weight excluding hydrogens is 1630 g/mol. The van der Waals surface area contributed by atoms with Crippen molar-refractivity contribution in [2.24, 2.45) is 0 Å². The van der Waals surface area contributed by atoms with E-state index in [0.717, 1.165) is 111 Å². The van der Waals surface area contributed by atoms with Crippen molar-refractivity contribution in [3.8, 4) is 108 Å². The summed E-state index contributed by atoms with van der Waals surface area (Å²) in [5, 5.41) is 11.8. The smallest absolute Gasteiger partial charge is 0.238 e. The van der Waals surface area contributed by atoms with E-state index >= 15 is 0 Å². The van der Waals surface area contributed by atoms with E-state index in [2.05, 4.69) is 334 Å². The Morgan fingerprint density at radius 2 is 0.598 bits per heavy atom. The van der Waals surface area contributed by atoms with Crippen LogP contribution in [0.15, 0.2) is 387 Å². The predicted octanol–water partition coefficient (Wildman–Crippen LogP) is 30.2. The van der Waals surface area contributed by atoms with Gasteiger partial charge in [-0.05, 0) is 158 Å². The molecule has 25 aromatic rings. The molecule has 8 heterocycles. The topological polar surface area (TPSA) is 131 Å². The Bertz CT molecular complexity index is 8770. The summed E-state index contributed by atoms with van der Waals surface area (Å²) in [6, 6.07) is 135. The quantitative estimate of drug-likeness (QED) is 0.146. The van der Waals surface area contributed by atoms with E-state index in [9.17, 15) is 0 Å². The van der Waals surface area contributed by atoms with Gasteiger partial charge in [-0.15, -0.1) is 11.3 Å². The summed E-state index contributed by atoms with van der Waals surface area (Å²) < 4.78 is 15.7. The van der Waals surface area contributed by atoms with E-state index in [1.807, 2.05) is 103 Å². The minimum Gasteiger partial charge on any atom is -0.455 e. The third-order valence-electron chi connectivity index (χ3n) is 27.9. The van der Waals surface area contributed by atoms with Gasteiger partial charge in [-0.1, -0.05) is 333 Å². The largest absolute Gasteiger partial charge is 0.455 e. The Kier molecular flexibility index (Phi) is 17.0. The molecular formula is C119H81N11OS. The van der Waals surface area contributed by atoms with E-state index < -0.39 is 0 Å². The zero-order valence-electron chi connectivity index (χ0n) is 73.1. The van der Waals surface area contributed by atoms with Crippen LogP contribution in [0.3, 0.4) is 0 Å². The maximum Gasteiger partial charge on any atom is 0.238 e. The third-order valence-corrected chi connectivity index (χ3v) is 29.2. The summed E-state index contributed by atoms with van der Waals surface area (Å²) in [7, 11) is 0. The van der Waals surface area contributed by atoms with Crippen LogP contribution in [0.4, 0.5) is 0 Å². The van der Waals surface area contributed by atoms with Crippen LogP contribution in [0.2, 0.25) is 0 Å². The van der Waals surface area contributed by atoms with Crippen LogP contribution in [-0.2, 0) is 16.2 Å². The summed E-state index contributed by atoms with van der Waals surface area (Å²) in [6.45, 7) is 14.0. The first kappa shape index (κ1) is 76.7. The summed E-state index contributed by atoms with van der Waals surface area (Å²) in [6.07, 6.45) is 0. The van der Waals surface area contributed by atoms with Gasteiger partial charge in [0.05, 0.1) is 49.7 Å². The molecule has 17 aromatic carbocycles. The molecule has 0 amide bonds. The van der Waals surface area contributed by atoms with Crippen molar-refractivity contribution < 1.29 is 4.42 Å². The highest BCUT2D eigenvalue weighted by Gasteiger charge is 2.40. The van der Waals surface area contributed by atoms with Crippen LogP contribution in [0.25, 0.3) is 226 Å². The second-order valence-corrected chi connectivity index (χ2v) is 37.5. The highest BCUT2D eigenvalue weighted by molar-refractivity contribution is 7.26. The minimum atomic E-state index is -0.141. The molecule has 0 radical (unpaired) electrons. The summed E-state index contributed by atoms with van der Waals surface area (Å²) in [4.78, 5) is 41.6. The number of nitrogens with zero attached hydrogens (tertiary/aromatic N) is 11. The van der Waals surface area contributed by atoms with Crippen molar-refractivity contribution in [1.29, 1.82) is 0 Å². The molecule has 0 atom stereocenters. The monoisotopic (exact) mass is 1710 g/mol. The number of aromatic nitrogens is 11. The summed E-state index contributed by atoms with van der Waals surface area (Å²) >= 11 is 1.79. The number of benzene rings is 17. The molecule has 0 saturated heterocycles. The average molecular weight is 1710 g/mol. The van der Waals surface area contributed by atoms with E-state index in [-0.39, 0.29) is 16.2 Å². The number of thiophene rings is 1. The van der Waals surface area contributed by atoms with Gasteiger partial charge in [0, 0.05) is 102 Å². The number of hydrogen-bond donors (Lipinski definition) is 0. The maximum atomic E-state index is 6.45. The number of fused-ring (bicyclic) bond motifs is 25. The number of hydrogen-bond acceptors (Lipinski definition) is 10. The van der Waals surface area contributed by atoms with Crippen LogP contribution in [0, 0.1) is 0 Å². The van der Waals surface area contributed by atoms with Gasteiger partial charge >= 0.3 is 0 Å². The first-order valence-corrected chi connectivity index (χ1v) is 45.9. The molecule has 3 aliphatic rings. The Morgan fingerprint density at radius 3 is 1.11 bits per heavy atom. The van der Waals surface area contributed by atoms with Crippen molar-refractivity contribution >= 4 is 130 Å². The SMILES string of the molecule is CC1(C)c2ccccc2-c2cc3c4ccccc4n(-c4nc(-c5ccccc5)nc(-c5cccc6c5oc5ccccc56)n4)c3cc21.CC1(C)c2ccccc2-c2cc3c4ccccc4n(-c4nc(-c5ccccc5)nc(-c5cccc6c5sc5ccccc56)n4)c3cc21.CC1(C)c2ccccc2-c2cc3c4ccccc4n(-c4nc5ccccc5nc4-c4ccccc4)c3cc21. The second kappa shape index (κ2) is 29.3. The molecule has 28 rings (SSSR count). The molecule has 3 aliphatic carbocycles. The molecule has 0 spiro atoms. The maximum absolute atomic E-state index is 6.45. The molecule has 0 N–H and O–H groups in total. The molecule has 13 heteroatoms. The molecule has 0 fully saturated rings. The highest BCUT2D eigenvalue weighted by atomic mass is 32.1. The Labute approximate surface area is 763 Å². The van der Waals surface area contributed by atoms with Gasteiger partial charge in [0.25, 0.3) is 0 Å². The van der Waals surface area contributed by atoms with Crippen LogP contribution >= 0.6 is 11.3 Å². The normalized spacial score (nSPS) is 13.6. The van der Waals surface area contributed by atoms with Gasteiger partial charge < -0.3 is 4.42 Å². The summed E-state index contributed by atoms with van der Waals surface area (Å²) in [5.74, 6) is 4.55. The first-order valence-electron chi connectivity index (χ1n) is 45.0. The van der Waals surface area contributed by atoms with Gasteiger partial charge in [-0.2, -0.15) is 19.9 Å². The van der Waals surface area contributed by atoms with Crippen LogP contribution in [-0.4, -0.2) is 53.6 Å². The zero-order chi connectivity index (χ0) is 88.0. The lowest BCUT2D eigenvalue weighted by Gasteiger charge is -2.21. The van der Waals surface area contributed by atoms with Crippen LogP contribution in [0.5, 0.6) is 0 Å². The van der Waals surface area contributed by atoms with E-state index in [1.165, 1.54) is 114 Å². The van der Waals surface area contributed by atoms with Crippen molar-refractivity contribution in [2.75, 3.05) is 0 Å². The molecule has 0 unspecified atom stereocenters. The van der Waals surface area contributed by atoms with Gasteiger partial charge in [-0.25, -0.2) is 19.9 Å². The second-order valence-electron chi connectivity index (χ2n) is 36.4. The fourth-order valence-electron chi connectivity index (χ4n) is 21.5. The van der Waals surface area contributed by atoms with Crippen LogP contribution < -0.4 is 0 Å². The Balaban J connectivity index is 0.000000104. The van der Waals surface area contributed by atoms with Gasteiger partial charge in [0.2, 0.25) is 11.9 Å². The van der Waals surface area contributed by atoms with Crippen molar-refractivity contribution in [3.63, 3.8) is 0 Å². The minimum absolute atomic E-state index is 0.0846. The van der Waals surface area contributed by atoms with Gasteiger partial charge in [-0.3, -0.25) is 13.7 Å². The van der Waals surface area contributed by atoms with E-state index in [4.69, 9.17) is 44.3 Å². The Morgan fingerprint density at radius 1 is 0.235 bits per heavy atom. The predicted molar refractivity (Wildman–Crippen MR) is 542 cm³/mol. The zero-order valence-corrected chi connectivity index (χ0v) is 73.9. The van der Waals surface area contributed by atoms with E-state index in [1.54, 1.807) is 11.3 Å². The molecule has 0 saturated carbocycles. The third kappa shape index (κ3) is 11.7. The summed E-state index contributed by atoms with van der Waals surface area (Å²) in [5.41, 5.74) is 31.3. The van der Waals surface area contributed by atoms with Gasteiger partial charge in [0.15, 0.2) is 29.1 Å². The molecule has 0 bridgehead atoms. The highest BCUT2D eigenvalue weighted by Crippen LogP contribution is 2.56. The lowest BCUT2D eigenvalue weighted by Crippen LogP contribution is -2.15. The molecule has 132 heavy (non-hydrogen) atoms. The van der Waals surface area contributed by atoms with E-state index in [0.29, 0.717) is 35.2 Å². The number of rotatable bonds is 8. The first-order chi connectivity index (χ1) is 64.7. The molecule has 8 aromatic heterocycles. The Hall–Kier alpha value is -16.5. The molecule has 12 nitrogen and oxygen atoms in total. The van der Waals surface area contributed by atoms with Crippen molar-refractivity contribution in [1.82, 2.24) is 53.6 Å².